The molecule has 0 saturated carbocycles. The average molecular weight is 292 g/mol. The second-order valence-corrected chi connectivity index (χ2v) is 5.57. The molecule has 2 amide bonds. The molecule has 2 fully saturated rings. The van der Waals surface area contributed by atoms with Crippen molar-refractivity contribution in [2.24, 2.45) is 0 Å². The van der Waals surface area contributed by atoms with E-state index >= 15 is 0 Å². The molecular formula is C14H20N4O3. The van der Waals surface area contributed by atoms with Gasteiger partial charge in [0.15, 0.2) is 0 Å². The van der Waals surface area contributed by atoms with Crippen molar-refractivity contribution < 1.29 is 14.3 Å². The van der Waals surface area contributed by atoms with Gasteiger partial charge in [-0.15, -0.1) is 0 Å². The Hall–Kier alpha value is -1.89. The number of hydrogen-bond acceptors (Lipinski definition) is 4. The quantitative estimate of drug-likeness (QED) is 0.865. The second kappa shape index (κ2) is 5.85. The lowest BCUT2D eigenvalue weighted by molar-refractivity contribution is -0.144. The summed E-state index contributed by atoms with van der Waals surface area (Å²) in [4.78, 5) is 34.7. The molecule has 7 heteroatoms. The summed E-state index contributed by atoms with van der Waals surface area (Å²) in [5.41, 5.74) is 0.972. The first-order valence-electron chi connectivity index (χ1n) is 7.32. The fourth-order valence-electron chi connectivity index (χ4n) is 2.77. The van der Waals surface area contributed by atoms with Crippen LogP contribution in [0.5, 0.6) is 0 Å². The molecule has 0 radical (unpaired) electrons. The Morgan fingerprint density at radius 1 is 1.52 bits per heavy atom. The highest BCUT2D eigenvalue weighted by Crippen LogP contribution is 2.20. The first-order chi connectivity index (χ1) is 10.1. The number of rotatable bonds is 3. The van der Waals surface area contributed by atoms with Crippen LogP contribution in [0.3, 0.4) is 0 Å². The van der Waals surface area contributed by atoms with Gasteiger partial charge in [0.1, 0.15) is 11.9 Å². The van der Waals surface area contributed by atoms with Gasteiger partial charge in [0.2, 0.25) is 11.8 Å². The lowest BCUT2D eigenvalue weighted by Gasteiger charge is -2.33. The zero-order valence-electron chi connectivity index (χ0n) is 12.2. The molecular weight excluding hydrogens is 272 g/mol. The number of morpholine rings is 1. The Morgan fingerprint density at radius 2 is 2.38 bits per heavy atom. The molecule has 114 valence electrons. The van der Waals surface area contributed by atoms with Crippen LogP contribution in [-0.4, -0.2) is 64.4 Å². The molecule has 1 atom stereocenters. The minimum Gasteiger partial charge on any atom is -0.367 e. The number of amides is 2. The monoisotopic (exact) mass is 292 g/mol. The molecule has 2 aliphatic rings. The van der Waals surface area contributed by atoms with Crippen LogP contribution in [0.4, 0.5) is 0 Å². The largest absolute Gasteiger partial charge is 0.367 e. The minimum absolute atomic E-state index is 0.0122. The van der Waals surface area contributed by atoms with Crippen LogP contribution in [0.2, 0.25) is 0 Å². The van der Waals surface area contributed by atoms with Crippen LogP contribution < -0.4 is 0 Å². The van der Waals surface area contributed by atoms with Gasteiger partial charge >= 0.3 is 0 Å². The molecule has 21 heavy (non-hydrogen) atoms. The number of carbonyl (C=O) groups excluding carboxylic acids is 2. The van der Waals surface area contributed by atoms with Crippen molar-refractivity contribution in [2.75, 3.05) is 32.8 Å². The van der Waals surface area contributed by atoms with E-state index in [4.69, 9.17) is 4.74 Å². The molecule has 2 saturated heterocycles. The number of hydrogen-bond donors (Lipinski definition) is 1. The van der Waals surface area contributed by atoms with E-state index in [2.05, 4.69) is 9.97 Å². The summed E-state index contributed by atoms with van der Waals surface area (Å²) in [5, 5.41) is 0. The third-order valence-electron chi connectivity index (χ3n) is 3.94. The van der Waals surface area contributed by atoms with Gasteiger partial charge in [-0.1, -0.05) is 0 Å². The molecule has 2 aliphatic heterocycles. The zero-order chi connectivity index (χ0) is 14.8. The van der Waals surface area contributed by atoms with Crippen molar-refractivity contribution in [3.63, 3.8) is 0 Å². The van der Waals surface area contributed by atoms with Crippen molar-refractivity contribution in [2.45, 2.75) is 25.9 Å². The average Bonchev–Trinajstić information content (AvgIpc) is 3.08. The SMILES string of the molecule is Cc1cnc(C2CN(C(=O)CN3CCCC3=O)CCO2)[nH]1. The summed E-state index contributed by atoms with van der Waals surface area (Å²) in [7, 11) is 0. The summed E-state index contributed by atoms with van der Waals surface area (Å²) in [5.74, 6) is 0.818. The van der Waals surface area contributed by atoms with Gasteiger partial charge in [-0.05, 0) is 13.3 Å². The normalized spacial score (nSPS) is 22.9. The van der Waals surface area contributed by atoms with E-state index in [0.717, 1.165) is 17.9 Å². The van der Waals surface area contributed by atoms with Gasteiger partial charge in [0, 0.05) is 31.4 Å². The fraction of sp³-hybridized carbons (Fsp3) is 0.643. The zero-order valence-corrected chi connectivity index (χ0v) is 12.2. The highest BCUT2D eigenvalue weighted by atomic mass is 16.5. The third kappa shape index (κ3) is 3.07. The fourth-order valence-corrected chi connectivity index (χ4v) is 2.77. The van der Waals surface area contributed by atoms with Crippen LogP contribution in [0.1, 0.15) is 30.5 Å². The van der Waals surface area contributed by atoms with Crippen LogP contribution in [-0.2, 0) is 14.3 Å². The molecule has 0 spiro atoms. The van der Waals surface area contributed by atoms with Gasteiger partial charge in [-0.3, -0.25) is 9.59 Å². The van der Waals surface area contributed by atoms with Crippen LogP contribution in [0.25, 0.3) is 0 Å². The lowest BCUT2D eigenvalue weighted by atomic mass is 10.2. The number of aryl methyl sites for hydroxylation is 1. The number of nitrogens with one attached hydrogen (secondary N) is 1. The molecule has 0 aromatic carbocycles. The molecule has 3 heterocycles. The number of imidazole rings is 1. The Labute approximate surface area is 123 Å². The number of aromatic amines is 1. The summed E-state index contributed by atoms with van der Waals surface area (Å²) in [6.45, 7) is 4.34. The van der Waals surface area contributed by atoms with E-state index in [1.54, 1.807) is 16.0 Å². The van der Waals surface area contributed by atoms with E-state index in [-0.39, 0.29) is 24.5 Å². The maximum atomic E-state index is 12.3. The number of ether oxygens (including phenoxy) is 1. The lowest BCUT2D eigenvalue weighted by Crippen LogP contribution is -2.47. The summed E-state index contributed by atoms with van der Waals surface area (Å²) < 4.78 is 5.68. The topological polar surface area (TPSA) is 78.5 Å². The number of nitrogens with zero attached hydrogens (tertiary/aromatic N) is 3. The molecule has 1 aromatic heterocycles. The van der Waals surface area contributed by atoms with Crippen molar-refractivity contribution in [1.82, 2.24) is 19.8 Å². The molecule has 3 rings (SSSR count). The number of aromatic nitrogens is 2. The number of carbonyl (C=O) groups is 2. The summed E-state index contributed by atoms with van der Waals surface area (Å²) in [6.07, 6.45) is 2.95. The molecule has 1 aromatic rings. The van der Waals surface area contributed by atoms with Gasteiger partial charge in [0.25, 0.3) is 0 Å². The molecule has 0 bridgehead atoms. The number of H-pyrrole nitrogens is 1. The summed E-state index contributed by atoms with van der Waals surface area (Å²) >= 11 is 0. The Morgan fingerprint density at radius 3 is 3.05 bits per heavy atom. The Kier molecular flexibility index (Phi) is 3.92. The standard InChI is InChI=1S/C14H20N4O3/c1-10-7-15-14(16-10)11-8-18(5-6-21-11)13(20)9-17-4-2-3-12(17)19/h7,11H,2-6,8-9H2,1H3,(H,15,16). The smallest absolute Gasteiger partial charge is 0.242 e. The van der Waals surface area contributed by atoms with Crippen LogP contribution in [0.15, 0.2) is 6.20 Å². The van der Waals surface area contributed by atoms with Crippen LogP contribution >= 0.6 is 0 Å². The first kappa shape index (κ1) is 14.1. The van der Waals surface area contributed by atoms with E-state index in [0.29, 0.717) is 32.7 Å². The third-order valence-corrected chi connectivity index (χ3v) is 3.94. The van der Waals surface area contributed by atoms with E-state index in [9.17, 15) is 9.59 Å². The van der Waals surface area contributed by atoms with Crippen molar-refractivity contribution >= 4 is 11.8 Å². The van der Waals surface area contributed by atoms with E-state index in [1.807, 2.05) is 6.92 Å². The predicted octanol–water partition coefficient (Wildman–Crippen LogP) is 0.240. The van der Waals surface area contributed by atoms with Crippen molar-refractivity contribution in [3.05, 3.63) is 17.7 Å². The second-order valence-electron chi connectivity index (χ2n) is 5.57. The predicted molar refractivity (Wildman–Crippen MR) is 74.4 cm³/mol. The van der Waals surface area contributed by atoms with E-state index < -0.39 is 0 Å². The minimum atomic E-state index is -0.217. The molecule has 0 aliphatic carbocycles. The highest BCUT2D eigenvalue weighted by Gasteiger charge is 2.30. The Bertz CT molecular complexity index is 542. The molecule has 1 unspecified atom stereocenters. The first-order valence-corrected chi connectivity index (χ1v) is 7.32. The van der Waals surface area contributed by atoms with Crippen molar-refractivity contribution in [3.8, 4) is 0 Å². The van der Waals surface area contributed by atoms with Gasteiger partial charge in [-0.2, -0.15) is 0 Å². The van der Waals surface area contributed by atoms with Gasteiger partial charge < -0.3 is 19.5 Å². The number of likely N-dealkylation sites (tertiary alicyclic amines) is 1. The molecule has 1 N–H and O–H groups in total. The van der Waals surface area contributed by atoms with E-state index in [1.165, 1.54) is 0 Å². The van der Waals surface area contributed by atoms with Crippen LogP contribution in [0, 0.1) is 6.92 Å². The van der Waals surface area contributed by atoms with Gasteiger partial charge in [0.05, 0.1) is 19.7 Å². The maximum absolute atomic E-state index is 12.3. The van der Waals surface area contributed by atoms with Gasteiger partial charge in [-0.25, -0.2) is 4.98 Å². The van der Waals surface area contributed by atoms with Crippen molar-refractivity contribution in [1.29, 1.82) is 0 Å². The summed E-state index contributed by atoms with van der Waals surface area (Å²) in [6, 6.07) is 0. The molecule has 7 nitrogen and oxygen atoms in total. The maximum Gasteiger partial charge on any atom is 0.242 e. The Balaban J connectivity index is 1.60. The highest BCUT2D eigenvalue weighted by molar-refractivity contribution is 5.85.